The average Bonchev–Trinajstić information content (AvgIpc) is 2.49. The molecule has 114 valence electrons. The molecule has 0 unspecified atom stereocenters. The minimum Gasteiger partial charge on any atom is -0.459 e. The molecule has 1 fully saturated rings. The first-order valence-corrected chi connectivity index (χ1v) is 7.58. The molecular formula is C19H26O2. The van der Waals surface area contributed by atoms with Crippen molar-refractivity contribution in [2.24, 2.45) is 0 Å². The third-order valence-electron chi connectivity index (χ3n) is 3.49. The minimum absolute atomic E-state index is 0.156. The molecule has 1 aliphatic carbocycles. The van der Waals surface area contributed by atoms with Gasteiger partial charge in [-0.05, 0) is 45.1 Å². The third-order valence-corrected chi connectivity index (χ3v) is 3.49. The molecule has 21 heavy (non-hydrogen) atoms. The van der Waals surface area contributed by atoms with Crippen molar-refractivity contribution in [1.82, 2.24) is 0 Å². The van der Waals surface area contributed by atoms with E-state index >= 15 is 0 Å². The quantitative estimate of drug-likeness (QED) is 0.572. The van der Waals surface area contributed by atoms with Crippen molar-refractivity contribution in [3.8, 4) is 0 Å². The van der Waals surface area contributed by atoms with Gasteiger partial charge in [0, 0.05) is 5.57 Å². The van der Waals surface area contributed by atoms with E-state index < -0.39 is 0 Å². The summed E-state index contributed by atoms with van der Waals surface area (Å²) in [6.45, 7) is 11.0. The van der Waals surface area contributed by atoms with Crippen molar-refractivity contribution in [3.63, 3.8) is 0 Å². The Balaban J connectivity index is 0.000000219. The monoisotopic (exact) mass is 286 g/mol. The molecule has 2 rings (SSSR count). The second-order valence-electron chi connectivity index (χ2n) is 5.56. The van der Waals surface area contributed by atoms with Gasteiger partial charge in [0.2, 0.25) is 0 Å². The van der Waals surface area contributed by atoms with Crippen molar-refractivity contribution in [2.75, 3.05) is 0 Å². The summed E-state index contributed by atoms with van der Waals surface area (Å²) in [6, 6.07) is 8.28. The van der Waals surface area contributed by atoms with Crippen LogP contribution in [-0.4, -0.2) is 12.1 Å². The van der Waals surface area contributed by atoms with E-state index in [0.717, 1.165) is 12.8 Å². The van der Waals surface area contributed by atoms with Crippen LogP contribution in [0.4, 0.5) is 0 Å². The number of rotatable bonds is 3. The lowest BCUT2D eigenvalue weighted by atomic mass is 9.98. The normalized spacial score (nSPS) is 14.6. The van der Waals surface area contributed by atoms with E-state index in [2.05, 4.69) is 44.3 Å². The van der Waals surface area contributed by atoms with Crippen LogP contribution in [0.3, 0.4) is 0 Å². The molecule has 1 aromatic carbocycles. The summed E-state index contributed by atoms with van der Waals surface area (Å²) >= 11 is 0. The molecule has 0 amide bonds. The standard InChI is InChI=1S/C10H16O2.C9H10/c1-8(2)10(11)12-9-6-4-3-5-7-9;1-3-9-6-4-8(2)5-7-9/h9H,1,3-7H2,2H3;3-7H,1H2,2H3. The molecule has 1 aliphatic rings. The summed E-state index contributed by atoms with van der Waals surface area (Å²) in [5, 5.41) is 0. The van der Waals surface area contributed by atoms with Gasteiger partial charge in [-0.3, -0.25) is 0 Å². The number of ether oxygens (including phenoxy) is 1. The van der Waals surface area contributed by atoms with E-state index in [1.807, 2.05) is 6.08 Å². The van der Waals surface area contributed by atoms with Crippen molar-refractivity contribution in [2.45, 2.75) is 52.1 Å². The number of carbonyl (C=O) groups is 1. The molecule has 0 atom stereocenters. The molecule has 1 aromatic rings. The molecule has 0 N–H and O–H groups in total. The Morgan fingerprint density at radius 2 is 1.76 bits per heavy atom. The Kier molecular flexibility index (Phi) is 7.52. The zero-order valence-electron chi connectivity index (χ0n) is 13.2. The van der Waals surface area contributed by atoms with Gasteiger partial charge in [-0.2, -0.15) is 0 Å². The van der Waals surface area contributed by atoms with E-state index in [0.29, 0.717) is 5.57 Å². The SMILES string of the molecule is C=C(C)C(=O)OC1CCCCC1.C=Cc1ccc(C)cc1. The van der Waals surface area contributed by atoms with E-state index in [-0.39, 0.29) is 12.1 Å². The van der Waals surface area contributed by atoms with Gasteiger partial charge in [-0.15, -0.1) is 0 Å². The number of carbonyl (C=O) groups excluding carboxylic acids is 1. The smallest absolute Gasteiger partial charge is 0.333 e. The van der Waals surface area contributed by atoms with E-state index in [1.165, 1.54) is 30.4 Å². The van der Waals surface area contributed by atoms with Crippen molar-refractivity contribution in [1.29, 1.82) is 0 Å². The Hall–Kier alpha value is -1.83. The van der Waals surface area contributed by atoms with Crippen molar-refractivity contribution >= 4 is 12.0 Å². The van der Waals surface area contributed by atoms with Crippen LogP contribution < -0.4 is 0 Å². The van der Waals surface area contributed by atoms with Gasteiger partial charge in [-0.1, -0.05) is 55.5 Å². The summed E-state index contributed by atoms with van der Waals surface area (Å²) in [6.07, 6.45) is 7.71. The average molecular weight is 286 g/mol. The van der Waals surface area contributed by atoms with Crippen molar-refractivity contribution in [3.05, 3.63) is 54.1 Å². The Morgan fingerprint density at radius 1 is 1.19 bits per heavy atom. The number of esters is 1. The molecule has 0 radical (unpaired) electrons. The zero-order valence-corrected chi connectivity index (χ0v) is 13.2. The van der Waals surface area contributed by atoms with Crippen LogP contribution in [0.2, 0.25) is 0 Å². The fourth-order valence-electron chi connectivity index (χ4n) is 2.14. The summed E-state index contributed by atoms with van der Waals surface area (Å²) in [5.74, 6) is -0.234. The second-order valence-corrected chi connectivity index (χ2v) is 5.56. The molecule has 0 aliphatic heterocycles. The molecule has 0 saturated heterocycles. The predicted octanol–water partition coefficient (Wildman–Crippen LogP) is 5.08. The number of hydrogen-bond donors (Lipinski definition) is 0. The largest absolute Gasteiger partial charge is 0.459 e. The van der Waals surface area contributed by atoms with Crippen LogP contribution in [0.25, 0.3) is 6.08 Å². The first kappa shape index (κ1) is 17.2. The maximum atomic E-state index is 11.1. The van der Waals surface area contributed by atoms with E-state index in [1.54, 1.807) is 6.92 Å². The maximum Gasteiger partial charge on any atom is 0.333 e. The van der Waals surface area contributed by atoms with Gasteiger partial charge in [-0.25, -0.2) is 4.79 Å². The predicted molar refractivity (Wildman–Crippen MR) is 89.0 cm³/mol. The van der Waals surface area contributed by atoms with Gasteiger partial charge in [0.15, 0.2) is 0 Å². The minimum atomic E-state index is -0.234. The van der Waals surface area contributed by atoms with E-state index in [9.17, 15) is 4.79 Å². The zero-order chi connectivity index (χ0) is 15.7. The number of aryl methyl sites for hydroxylation is 1. The first-order valence-electron chi connectivity index (χ1n) is 7.58. The molecular weight excluding hydrogens is 260 g/mol. The summed E-state index contributed by atoms with van der Waals surface area (Å²) in [7, 11) is 0. The summed E-state index contributed by atoms with van der Waals surface area (Å²) in [5.41, 5.74) is 2.97. The third kappa shape index (κ3) is 6.94. The molecule has 2 nitrogen and oxygen atoms in total. The highest BCUT2D eigenvalue weighted by atomic mass is 16.5. The Labute approximate surface area is 128 Å². The van der Waals surface area contributed by atoms with Crippen LogP contribution >= 0.6 is 0 Å². The molecule has 0 heterocycles. The maximum absolute atomic E-state index is 11.1. The highest BCUT2D eigenvalue weighted by molar-refractivity contribution is 5.87. The van der Waals surface area contributed by atoms with Gasteiger partial charge < -0.3 is 4.74 Å². The second kappa shape index (κ2) is 9.17. The molecule has 0 bridgehead atoms. The van der Waals surface area contributed by atoms with Crippen LogP contribution in [0.5, 0.6) is 0 Å². The molecule has 1 saturated carbocycles. The molecule has 2 heteroatoms. The fourth-order valence-corrected chi connectivity index (χ4v) is 2.14. The lowest BCUT2D eigenvalue weighted by Crippen LogP contribution is -2.20. The first-order chi connectivity index (χ1) is 10.0. The van der Waals surface area contributed by atoms with Gasteiger partial charge in [0.1, 0.15) is 6.10 Å². The summed E-state index contributed by atoms with van der Waals surface area (Å²) in [4.78, 5) is 11.1. The van der Waals surface area contributed by atoms with E-state index in [4.69, 9.17) is 4.74 Å². The molecule has 0 aromatic heterocycles. The lowest BCUT2D eigenvalue weighted by molar-refractivity contribution is -0.145. The topological polar surface area (TPSA) is 26.3 Å². The number of benzene rings is 1. The number of hydrogen-bond acceptors (Lipinski definition) is 2. The van der Waals surface area contributed by atoms with Crippen LogP contribution in [-0.2, 0) is 9.53 Å². The Bertz CT molecular complexity index is 465. The van der Waals surface area contributed by atoms with Crippen LogP contribution in [0, 0.1) is 6.92 Å². The van der Waals surface area contributed by atoms with Gasteiger partial charge in [0.25, 0.3) is 0 Å². The fraction of sp³-hybridized carbons (Fsp3) is 0.421. The van der Waals surface area contributed by atoms with Gasteiger partial charge >= 0.3 is 5.97 Å². The highest BCUT2D eigenvalue weighted by Gasteiger charge is 2.17. The van der Waals surface area contributed by atoms with Crippen LogP contribution in [0.1, 0.15) is 50.2 Å². The van der Waals surface area contributed by atoms with Crippen molar-refractivity contribution < 1.29 is 9.53 Å². The molecule has 0 spiro atoms. The van der Waals surface area contributed by atoms with Crippen LogP contribution in [0.15, 0.2) is 43.0 Å². The summed E-state index contributed by atoms with van der Waals surface area (Å²) < 4.78 is 5.21. The lowest BCUT2D eigenvalue weighted by Gasteiger charge is -2.21. The highest BCUT2D eigenvalue weighted by Crippen LogP contribution is 2.20. The van der Waals surface area contributed by atoms with Gasteiger partial charge in [0.05, 0.1) is 0 Å². The Morgan fingerprint density at radius 3 is 2.24 bits per heavy atom.